The highest BCUT2D eigenvalue weighted by molar-refractivity contribution is 8.07. The number of aromatic nitrogens is 8. The van der Waals surface area contributed by atoms with Gasteiger partial charge in [-0.15, -0.1) is 0 Å². The van der Waals surface area contributed by atoms with Crippen molar-refractivity contribution in [2.45, 2.75) is 49.2 Å². The van der Waals surface area contributed by atoms with Crippen molar-refractivity contribution in [3.8, 4) is 0 Å². The van der Waals surface area contributed by atoms with Crippen LogP contribution in [0.15, 0.2) is 12.7 Å². The third-order valence-electron chi connectivity index (χ3n) is 6.79. The van der Waals surface area contributed by atoms with Gasteiger partial charge in [0.15, 0.2) is 47.7 Å². The zero-order chi connectivity index (χ0) is 30.8. The summed E-state index contributed by atoms with van der Waals surface area (Å²) in [6, 6.07) is 0. The molecule has 0 bridgehead atoms. The summed E-state index contributed by atoms with van der Waals surface area (Å²) < 4.78 is 55.1. The number of fused-ring (bicyclic) bond motifs is 2. The van der Waals surface area contributed by atoms with Crippen molar-refractivity contribution in [2.75, 3.05) is 24.7 Å². The van der Waals surface area contributed by atoms with Crippen molar-refractivity contribution in [3.05, 3.63) is 23.2 Å². The zero-order valence-electron chi connectivity index (χ0n) is 21.3. The number of imidazole rings is 2. The fraction of sp³-hybridized carbons (Fsp3) is 0.500. The summed E-state index contributed by atoms with van der Waals surface area (Å²) in [4.78, 5) is 34.4. The molecule has 2 fully saturated rings. The van der Waals surface area contributed by atoms with E-state index in [4.69, 9.17) is 65.0 Å². The van der Waals surface area contributed by atoms with E-state index >= 15 is 8.78 Å². The highest BCUT2D eigenvalue weighted by Gasteiger charge is 2.50. The fourth-order valence-electron chi connectivity index (χ4n) is 4.80. The van der Waals surface area contributed by atoms with Gasteiger partial charge in [0.2, 0.25) is 10.6 Å². The maximum Gasteiger partial charge on any atom is 0.325 e. The first-order chi connectivity index (χ1) is 20.4. The standard InChI is InChI=1S/C20H21Cl2F2N10O7PS/c21-19-29-13(25)9-15(31-19)33(3-27-9)17-7(23)11(36)6(40-17)2-38-42(37,43)41-12-5(1-35)39-18(8(12)24)34-4-28-10-14(26)30-20(22)32-16(10)34/h3-8,11-12,17-18,35-36H,1-2H2,(H,37,43)(H2,25,29,31)(H2,26,30,32)/t5-,6-,7?,8?,11+,12+,17-,18-,42?/m1/s1. The Labute approximate surface area is 253 Å². The maximum atomic E-state index is 15.7. The predicted molar refractivity (Wildman–Crippen MR) is 148 cm³/mol. The Hall–Kier alpha value is -2.49. The highest BCUT2D eigenvalue weighted by Crippen LogP contribution is 2.50. The van der Waals surface area contributed by atoms with Gasteiger partial charge < -0.3 is 40.6 Å². The summed E-state index contributed by atoms with van der Waals surface area (Å²) in [6.45, 7) is -5.69. The topological polar surface area (TPSA) is 237 Å². The van der Waals surface area contributed by atoms with Gasteiger partial charge in [0.25, 0.3) is 0 Å². The molecule has 0 saturated carbocycles. The number of anilines is 2. The number of aliphatic hydroxyl groups excluding tert-OH is 2. The first kappa shape index (κ1) is 30.5. The molecule has 17 nitrogen and oxygen atoms in total. The second-order valence-corrected chi connectivity index (χ2v) is 12.9. The second-order valence-electron chi connectivity index (χ2n) is 9.43. The summed E-state index contributed by atoms with van der Waals surface area (Å²) in [5, 5.41) is 19.9. The molecule has 2 aliphatic heterocycles. The molecule has 6 rings (SSSR count). The number of nitrogens with zero attached hydrogens (tertiary/aromatic N) is 8. The number of alkyl halides is 2. The van der Waals surface area contributed by atoms with Gasteiger partial charge in [0.1, 0.15) is 35.4 Å². The number of hydrogen-bond acceptors (Lipinski definition) is 15. The van der Waals surface area contributed by atoms with E-state index in [0.29, 0.717) is 0 Å². The molecule has 23 heteroatoms. The number of ether oxygens (including phenoxy) is 2. The minimum absolute atomic E-state index is 0.0476. The van der Waals surface area contributed by atoms with Crippen LogP contribution in [-0.4, -0.2) is 104 Å². The van der Waals surface area contributed by atoms with Crippen LogP contribution in [0.1, 0.15) is 12.5 Å². The fourth-order valence-corrected chi connectivity index (χ4v) is 6.58. The smallest absolute Gasteiger partial charge is 0.325 e. The molecule has 9 atom stereocenters. The molecule has 2 aliphatic rings. The minimum atomic E-state index is -4.30. The van der Waals surface area contributed by atoms with Gasteiger partial charge in [0.05, 0.1) is 25.9 Å². The summed E-state index contributed by atoms with van der Waals surface area (Å²) in [6.07, 6.45) is -10.6. The molecule has 7 N–H and O–H groups in total. The molecular formula is C20H21Cl2F2N10O7PS. The average Bonchev–Trinajstić information content (AvgIpc) is 3.69. The third kappa shape index (κ3) is 5.50. The Morgan fingerprint density at radius 1 is 0.930 bits per heavy atom. The van der Waals surface area contributed by atoms with Crippen LogP contribution in [0, 0.1) is 0 Å². The first-order valence-electron chi connectivity index (χ1n) is 12.2. The Bertz CT molecular complexity index is 1740. The normalized spacial score (nSPS) is 30.9. The van der Waals surface area contributed by atoms with E-state index in [1.165, 1.54) is 21.8 Å². The molecule has 4 aromatic heterocycles. The van der Waals surface area contributed by atoms with Gasteiger partial charge in [-0.3, -0.25) is 13.7 Å². The van der Waals surface area contributed by atoms with E-state index in [0.717, 1.165) is 0 Å². The van der Waals surface area contributed by atoms with Gasteiger partial charge in [-0.25, -0.2) is 18.7 Å². The van der Waals surface area contributed by atoms with Crippen molar-refractivity contribution in [1.29, 1.82) is 0 Å². The number of aliphatic hydroxyl groups is 2. The molecule has 43 heavy (non-hydrogen) atoms. The monoisotopic (exact) mass is 684 g/mol. The average molecular weight is 685 g/mol. The van der Waals surface area contributed by atoms with Crippen LogP contribution >= 0.6 is 29.9 Å². The molecular weight excluding hydrogens is 664 g/mol. The Morgan fingerprint density at radius 3 is 1.98 bits per heavy atom. The summed E-state index contributed by atoms with van der Waals surface area (Å²) in [5.74, 6) is -0.0990. The Kier molecular flexibility index (Phi) is 8.14. The van der Waals surface area contributed by atoms with Crippen LogP contribution in [0.4, 0.5) is 20.4 Å². The number of nitrogen functional groups attached to an aromatic ring is 2. The van der Waals surface area contributed by atoms with Gasteiger partial charge in [-0.2, -0.15) is 19.9 Å². The zero-order valence-corrected chi connectivity index (χ0v) is 24.5. The molecule has 0 aliphatic carbocycles. The third-order valence-corrected chi connectivity index (χ3v) is 8.69. The van der Waals surface area contributed by atoms with Gasteiger partial charge in [-0.1, -0.05) is 0 Å². The molecule has 232 valence electrons. The highest BCUT2D eigenvalue weighted by atomic mass is 35.5. The minimum Gasteiger partial charge on any atom is -0.394 e. The van der Waals surface area contributed by atoms with Crippen LogP contribution in [-0.2, 0) is 30.3 Å². The summed E-state index contributed by atoms with van der Waals surface area (Å²) in [5.41, 5.74) is 11.9. The Balaban J connectivity index is 1.15. The van der Waals surface area contributed by atoms with Crippen LogP contribution in [0.25, 0.3) is 22.3 Å². The Morgan fingerprint density at radius 2 is 1.44 bits per heavy atom. The van der Waals surface area contributed by atoms with Crippen LogP contribution < -0.4 is 11.5 Å². The van der Waals surface area contributed by atoms with Crippen molar-refractivity contribution >= 4 is 75.7 Å². The van der Waals surface area contributed by atoms with E-state index in [9.17, 15) is 15.1 Å². The van der Waals surface area contributed by atoms with Crippen molar-refractivity contribution in [3.63, 3.8) is 0 Å². The lowest BCUT2D eigenvalue weighted by Crippen LogP contribution is -2.34. The van der Waals surface area contributed by atoms with Gasteiger partial charge in [0, 0.05) is 0 Å². The van der Waals surface area contributed by atoms with Crippen LogP contribution in [0.5, 0.6) is 0 Å². The SMILES string of the molecule is Nc1nc(Cl)nc2c1ncn2[C@@H]1O[C@H](COP(O)(=S)O[C@@H]2C(F)[C@H](n3cnc4c(N)nc(Cl)nc43)O[C@@H]2CO)[C@H](O)C1F. The molecule has 0 spiro atoms. The van der Waals surface area contributed by atoms with Gasteiger partial charge in [-0.05, 0) is 35.0 Å². The maximum absolute atomic E-state index is 15.7. The van der Waals surface area contributed by atoms with Crippen molar-refractivity contribution in [2.24, 2.45) is 0 Å². The quantitative estimate of drug-likeness (QED) is 0.126. The van der Waals surface area contributed by atoms with Crippen LogP contribution in [0.2, 0.25) is 10.6 Å². The number of halogens is 4. The first-order valence-corrected chi connectivity index (χ1v) is 15.6. The lowest BCUT2D eigenvalue weighted by molar-refractivity contribution is -0.0521. The van der Waals surface area contributed by atoms with Crippen molar-refractivity contribution < 1.29 is 42.4 Å². The van der Waals surface area contributed by atoms with Crippen molar-refractivity contribution in [1.82, 2.24) is 39.0 Å². The predicted octanol–water partition coefficient (Wildman–Crippen LogP) is 0.580. The van der Waals surface area contributed by atoms with Gasteiger partial charge >= 0.3 is 6.72 Å². The van der Waals surface area contributed by atoms with Crippen LogP contribution in [0.3, 0.4) is 0 Å². The van der Waals surface area contributed by atoms with E-state index in [2.05, 4.69) is 29.9 Å². The summed E-state index contributed by atoms with van der Waals surface area (Å²) in [7, 11) is 0. The summed E-state index contributed by atoms with van der Waals surface area (Å²) >= 11 is 16.8. The number of rotatable bonds is 8. The molecule has 0 aromatic carbocycles. The molecule has 3 unspecified atom stereocenters. The molecule has 0 radical (unpaired) electrons. The van der Waals surface area contributed by atoms with E-state index in [1.807, 2.05) is 0 Å². The number of nitrogens with two attached hydrogens (primary N) is 2. The largest absolute Gasteiger partial charge is 0.394 e. The molecule has 2 saturated heterocycles. The van der Waals surface area contributed by atoms with E-state index in [1.54, 1.807) is 0 Å². The molecule has 0 amide bonds. The molecule has 6 heterocycles. The van der Waals surface area contributed by atoms with E-state index in [-0.39, 0.29) is 44.5 Å². The lowest BCUT2D eigenvalue weighted by Gasteiger charge is -2.25. The lowest BCUT2D eigenvalue weighted by atomic mass is 10.1. The molecule has 4 aromatic rings. The number of hydrogen-bond donors (Lipinski definition) is 5. The van der Waals surface area contributed by atoms with E-state index < -0.39 is 69.1 Å². The second kappa shape index (κ2) is 11.5.